The Balaban J connectivity index is 2.15. The van der Waals surface area contributed by atoms with Crippen LogP contribution in [0.3, 0.4) is 0 Å². The van der Waals surface area contributed by atoms with Gasteiger partial charge in [0, 0.05) is 0 Å². The van der Waals surface area contributed by atoms with Crippen molar-refractivity contribution in [3.63, 3.8) is 0 Å². The summed E-state index contributed by atoms with van der Waals surface area (Å²) in [6, 6.07) is 9.14. The highest BCUT2D eigenvalue weighted by molar-refractivity contribution is 5.70. The molecule has 0 saturated heterocycles. The third-order valence-electron chi connectivity index (χ3n) is 5.93. The van der Waals surface area contributed by atoms with Crippen LogP contribution < -0.4 is 0 Å². The molecule has 1 aliphatic rings. The maximum Gasteiger partial charge on any atom is -0.00907 e. The number of aryl methyl sites for hydroxylation is 1. The molecule has 0 heterocycles. The van der Waals surface area contributed by atoms with Gasteiger partial charge in [0.15, 0.2) is 0 Å². The summed E-state index contributed by atoms with van der Waals surface area (Å²) in [5.41, 5.74) is 5.81. The molecular weight excluding hydrogens is 300 g/mol. The van der Waals surface area contributed by atoms with Crippen LogP contribution in [0.25, 0.3) is 5.57 Å². The number of hydrogen-bond acceptors (Lipinski definition) is 0. The molecule has 2 rings (SSSR count). The lowest BCUT2D eigenvalue weighted by Gasteiger charge is -2.27. The number of rotatable bonds is 9. The number of benzene rings is 1. The van der Waals surface area contributed by atoms with Crippen molar-refractivity contribution in [1.29, 1.82) is 0 Å². The lowest BCUT2D eigenvalue weighted by molar-refractivity contribution is 0.372. The second-order valence-electron chi connectivity index (χ2n) is 8.66. The summed E-state index contributed by atoms with van der Waals surface area (Å²) in [5.74, 6) is 2.85. The Labute approximate surface area is 156 Å². The van der Waals surface area contributed by atoms with Crippen LogP contribution in [0, 0.1) is 30.6 Å². The van der Waals surface area contributed by atoms with Gasteiger partial charge >= 0.3 is 0 Å². The highest BCUT2D eigenvalue weighted by Gasteiger charge is 2.31. The van der Waals surface area contributed by atoms with Crippen molar-refractivity contribution in [3.8, 4) is 0 Å². The molecule has 0 heteroatoms. The predicted molar refractivity (Wildman–Crippen MR) is 113 cm³/mol. The Morgan fingerprint density at radius 1 is 1.16 bits per heavy atom. The third kappa shape index (κ3) is 5.59. The Morgan fingerprint density at radius 2 is 1.84 bits per heavy atom. The Kier molecular flexibility index (Phi) is 7.54. The van der Waals surface area contributed by atoms with Crippen molar-refractivity contribution in [1.82, 2.24) is 0 Å². The van der Waals surface area contributed by atoms with E-state index in [0.717, 1.165) is 11.8 Å². The van der Waals surface area contributed by atoms with Gasteiger partial charge in [-0.2, -0.15) is 0 Å². The van der Waals surface area contributed by atoms with Gasteiger partial charge in [0.05, 0.1) is 0 Å². The summed E-state index contributed by atoms with van der Waals surface area (Å²) in [7, 11) is 0. The van der Waals surface area contributed by atoms with Gasteiger partial charge in [-0.05, 0) is 67.4 Å². The van der Waals surface area contributed by atoms with E-state index >= 15 is 0 Å². The minimum Gasteiger partial charge on any atom is -0.0996 e. The zero-order valence-corrected chi connectivity index (χ0v) is 17.1. The summed E-state index contributed by atoms with van der Waals surface area (Å²) in [5, 5.41) is 0. The number of hydrogen-bond donors (Lipinski definition) is 0. The highest BCUT2D eigenvalue weighted by atomic mass is 14.4. The van der Waals surface area contributed by atoms with E-state index in [2.05, 4.69) is 71.5 Å². The van der Waals surface area contributed by atoms with E-state index in [-0.39, 0.29) is 0 Å². The van der Waals surface area contributed by atoms with E-state index in [0.29, 0.717) is 11.8 Å². The standard InChI is InChI=1S/C25H38/c1-7-8-9-22-14-15-24(23-12-10-19(4)11-13-23)25(22)17-21(6)20(5)16-18(2)3/h10-13,15,18,20,22,25H,6-9,14,16-17H2,1-5H3. The summed E-state index contributed by atoms with van der Waals surface area (Å²) in [6.45, 7) is 16.0. The third-order valence-corrected chi connectivity index (χ3v) is 5.93. The Morgan fingerprint density at radius 3 is 2.44 bits per heavy atom. The molecule has 0 spiro atoms. The van der Waals surface area contributed by atoms with Gasteiger partial charge in [-0.25, -0.2) is 0 Å². The SMILES string of the molecule is C=C(CC1C(c2ccc(C)cc2)=CCC1CCCC)C(C)CC(C)C. The Bertz CT molecular complexity index is 573. The molecule has 0 aromatic heterocycles. The van der Waals surface area contributed by atoms with Crippen LogP contribution in [0.1, 0.15) is 77.3 Å². The van der Waals surface area contributed by atoms with Gasteiger partial charge in [0.1, 0.15) is 0 Å². The fourth-order valence-corrected chi connectivity index (χ4v) is 4.35. The molecule has 3 atom stereocenters. The second kappa shape index (κ2) is 9.41. The highest BCUT2D eigenvalue weighted by Crippen LogP contribution is 2.45. The number of unbranched alkanes of at least 4 members (excludes halogenated alkanes) is 1. The van der Waals surface area contributed by atoms with Gasteiger partial charge < -0.3 is 0 Å². The van der Waals surface area contributed by atoms with E-state index in [1.165, 1.54) is 55.2 Å². The quantitative estimate of drug-likeness (QED) is 0.402. The van der Waals surface area contributed by atoms with Crippen molar-refractivity contribution in [2.45, 2.75) is 73.1 Å². The van der Waals surface area contributed by atoms with Crippen molar-refractivity contribution in [2.24, 2.45) is 23.7 Å². The molecule has 0 N–H and O–H groups in total. The smallest absolute Gasteiger partial charge is 0.00907 e. The molecule has 0 nitrogen and oxygen atoms in total. The lowest BCUT2D eigenvalue weighted by Crippen LogP contribution is -2.15. The summed E-state index contributed by atoms with van der Waals surface area (Å²) in [4.78, 5) is 0. The molecule has 3 unspecified atom stereocenters. The lowest BCUT2D eigenvalue weighted by atomic mass is 9.78. The van der Waals surface area contributed by atoms with Crippen LogP contribution in [0.5, 0.6) is 0 Å². The molecule has 1 aliphatic carbocycles. The van der Waals surface area contributed by atoms with E-state index < -0.39 is 0 Å². The Hall–Kier alpha value is -1.30. The zero-order chi connectivity index (χ0) is 18.4. The van der Waals surface area contributed by atoms with Gasteiger partial charge in [0.2, 0.25) is 0 Å². The van der Waals surface area contributed by atoms with Gasteiger partial charge in [-0.3, -0.25) is 0 Å². The van der Waals surface area contributed by atoms with Gasteiger partial charge in [-0.1, -0.05) is 88.6 Å². The average molecular weight is 339 g/mol. The number of allylic oxidation sites excluding steroid dienone is 3. The molecule has 0 fully saturated rings. The van der Waals surface area contributed by atoms with E-state index in [4.69, 9.17) is 0 Å². The van der Waals surface area contributed by atoms with Crippen LogP contribution in [0.2, 0.25) is 0 Å². The first-order valence-corrected chi connectivity index (χ1v) is 10.4. The van der Waals surface area contributed by atoms with Crippen molar-refractivity contribution >= 4 is 5.57 Å². The summed E-state index contributed by atoms with van der Waals surface area (Å²) < 4.78 is 0. The van der Waals surface area contributed by atoms with E-state index in [9.17, 15) is 0 Å². The molecule has 0 aliphatic heterocycles. The second-order valence-corrected chi connectivity index (χ2v) is 8.66. The van der Waals surface area contributed by atoms with Crippen molar-refractivity contribution in [3.05, 3.63) is 53.6 Å². The maximum absolute atomic E-state index is 4.50. The minimum absolute atomic E-state index is 0.631. The fraction of sp³-hybridized carbons (Fsp3) is 0.600. The monoisotopic (exact) mass is 338 g/mol. The van der Waals surface area contributed by atoms with Crippen LogP contribution in [-0.4, -0.2) is 0 Å². The summed E-state index contributed by atoms with van der Waals surface area (Å²) >= 11 is 0. The summed E-state index contributed by atoms with van der Waals surface area (Å²) in [6.07, 6.45) is 10.2. The fourth-order valence-electron chi connectivity index (χ4n) is 4.35. The molecule has 1 aromatic rings. The van der Waals surface area contributed by atoms with Crippen LogP contribution >= 0.6 is 0 Å². The first-order valence-electron chi connectivity index (χ1n) is 10.4. The molecule has 0 saturated carbocycles. The van der Waals surface area contributed by atoms with Gasteiger partial charge in [-0.15, -0.1) is 0 Å². The largest absolute Gasteiger partial charge is 0.0996 e. The van der Waals surface area contributed by atoms with Crippen LogP contribution in [0.4, 0.5) is 0 Å². The zero-order valence-electron chi connectivity index (χ0n) is 17.1. The molecule has 138 valence electrons. The topological polar surface area (TPSA) is 0 Å². The molecule has 25 heavy (non-hydrogen) atoms. The van der Waals surface area contributed by atoms with Gasteiger partial charge in [0.25, 0.3) is 0 Å². The molecule has 0 radical (unpaired) electrons. The minimum atomic E-state index is 0.631. The molecule has 0 amide bonds. The molecule has 1 aromatic carbocycles. The predicted octanol–water partition coefficient (Wildman–Crippen LogP) is 7.83. The first-order chi connectivity index (χ1) is 11.9. The normalized spacial score (nSPS) is 21.4. The molecular formula is C25H38. The van der Waals surface area contributed by atoms with E-state index in [1.54, 1.807) is 5.57 Å². The van der Waals surface area contributed by atoms with Crippen molar-refractivity contribution < 1.29 is 0 Å². The average Bonchev–Trinajstić information content (AvgIpc) is 2.95. The van der Waals surface area contributed by atoms with Crippen LogP contribution in [-0.2, 0) is 0 Å². The maximum atomic E-state index is 4.50. The van der Waals surface area contributed by atoms with E-state index in [1.807, 2.05) is 0 Å². The van der Waals surface area contributed by atoms with Crippen molar-refractivity contribution in [2.75, 3.05) is 0 Å². The first kappa shape index (κ1) is 20.0. The molecule has 0 bridgehead atoms. The van der Waals surface area contributed by atoms with Crippen LogP contribution in [0.15, 0.2) is 42.5 Å².